The first kappa shape index (κ1) is 17.2. The van der Waals surface area contributed by atoms with Crippen molar-refractivity contribution in [1.82, 2.24) is 10.3 Å². The van der Waals surface area contributed by atoms with E-state index in [1.54, 1.807) is 24.4 Å². The minimum absolute atomic E-state index is 0.120. The molecule has 1 amide bonds. The molecule has 0 unspecified atom stereocenters. The molecule has 0 spiro atoms. The molecule has 1 aliphatic rings. The molecule has 1 aliphatic heterocycles. The molecule has 0 radical (unpaired) electrons. The van der Waals surface area contributed by atoms with Crippen LogP contribution in [0.1, 0.15) is 12.1 Å². The second kappa shape index (κ2) is 7.52. The lowest BCUT2D eigenvalue weighted by Crippen LogP contribution is -2.25. The molecule has 1 aromatic heterocycles. The smallest absolute Gasteiger partial charge is 0.221 e. The maximum Gasteiger partial charge on any atom is 0.221 e. The number of benzene rings is 1. The number of nitrogens with one attached hydrogen (secondary N) is 1. The molecule has 0 fully saturated rings. The van der Waals surface area contributed by atoms with Crippen LogP contribution in [-0.2, 0) is 21.2 Å². The van der Waals surface area contributed by atoms with Crippen molar-refractivity contribution in [3.05, 3.63) is 48.3 Å². The highest BCUT2D eigenvalue weighted by molar-refractivity contribution is 7.91. The number of pyridine rings is 1. The molecule has 0 saturated carbocycles. The summed E-state index contributed by atoms with van der Waals surface area (Å²) in [6.45, 7) is 1.09. The molecule has 2 aromatic rings. The Morgan fingerprint density at radius 2 is 1.92 bits per heavy atom. The third kappa shape index (κ3) is 4.48. The molecule has 2 heterocycles. The Morgan fingerprint density at radius 1 is 1.12 bits per heavy atom. The number of sulfone groups is 1. The average molecular weight is 362 g/mol. The Hall–Kier alpha value is -2.61. The van der Waals surface area contributed by atoms with Crippen LogP contribution < -0.4 is 14.8 Å². The van der Waals surface area contributed by atoms with Crippen molar-refractivity contribution in [2.75, 3.05) is 19.0 Å². The molecule has 7 nitrogen and oxygen atoms in total. The van der Waals surface area contributed by atoms with Gasteiger partial charge in [-0.15, -0.1) is 0 Å². The number of carbonyl (C=O) groups excluding carboxylic acids is 1. The van der Waals surface area contributed by atoms with Gasteiger partial charge in [0.15, 0.2) is 21.3 Å². The number of hydrogen-bond donors (Lipinski definition) is 1. The van der Waals surface area contributed by atoms with Gasteiger partial charge in [0.25, 0.3) is 0 Å². The number of ether oxygens (including phenoxy) is 2. The van der Waals surface area contributed by atoms with Gasteiger partial charge in [-0.05, 0) is 24.3 Å². The fourth-order valence-corrected chi connectivity index (χ4v) is 3.59. The van der Waals surface area contributed by atoms with Crippen molar-refractivity contribution < 1.29 is 22.7 Å². The summed E-state index contributed by atoms with van der Waals surface area (Å²) < 4.78 is 35.6. The van der Waals surface area contributed by atoms with Crippen LogP contribution >= 0.6 is 0 Å². The lowest BCUT2D eigenvalue weighted by molar-refractivity contribution is -0.120. The highest BCUT2D eigenvalue weighted by Crippen LogP contribution is 2.32. The summed E-state index contributed by atoms with van der Waals surface area (Å²) in [5.41, 5.74) is 0.713. The maximum atomic E-state index is 12.4. The van der Waals surface area contributed by atoms with Crippen LogP contribution in [0.5, 0.6) is 11.5 Å². The minimum Gasteiger partial charge on any atom is -0.486 e. The second-order valence-corrected chi connectivity index (χ2v) is 7.58. The average Bonchev–Trinajstić information content (AvgIpc) is 2.65. The van der Waals surface area contributed by atoms with Crippen LogP contribution in [0.4, 0.5) is 0 Å². The summed E-state index contributed by atoms with van der Waals surface area (Å²) in [5.74, 6) is 0.317. The van der Waals surface area contributed by atoms with E-state index in [-0.39, 0.29) is 29.5 Å². The van der Waals surface area contributed by atoms with Gasteiger partial charge >= 0.3 is 0 Å². The van der Waals surface area contributed by atoms with Crippen molar-refractivity contribution in [2.24, 2.45) is 0 Å². The first-order chi connectivity index (χ1) is 12.0. The molecule has 1 N–H and O–H groups in total. The zero-order chi connectivity index (χ0) is 17.7. The first-order valence-electron chi connectivity index (χ1n) is 7.84. The fourth-order valence-electron chi connectivity index (χ4n) is 2.34. The highest BCUT2D eigenvalue weighted by Gasteiger charge is 2.20. The van der Waals surface area contributed by atoms with Crippen LogP contribution in [0.15, 0.2) is 47.5 Å². The van der Waals surface area contributed by atoms with Gasteiger partial charge in [0.05, 0.1) is 22.9 Å². The van der Waals surface area contributed by atoms with Crippen LogP contribution in [0.2, 0.25) is 0 Å². The van der Waals surface area contributed by atoms with Gasteiger partial charge in [-0.3, -0.25) is 9.78 Å². The Kier molecular flexibility index (Phi) is 5.18. The fraction of sp³-hybridized carbons (Fsp3) is 0.294. The molecule has 1 aromatic carbocycles. The van der Waals surface area contributed by atoms with Crippen molar-refractivity contribution in [2.45, 2.75) is 17.9 Å². The number of carbonyl (C=O) groups is 1. The molecule has 0 aliphatic carbocycles. The number of nitrogens with zero attached hydrogens (tertiary/aromatic N) is 1. The van der Waals surface area contributed by atoms with Crippen LogP contribution in [0, 0.1) is 0 Å². The van der Waals surface area contributed by atoms with E-state index in [0.29, 0.717) is 30.4 Å². The van der Waals surface area contributed by atoms with E-state index in [9.17, 15) is 13.2 Å². The monoisotopic (exact) mass is 362 g/mol. The van der Waals surface area contributed by atoms with E-state index < -0.39 is 9.84 Å². The van der Waals surface area contributed by atoms with Gasteiger partial charge in [-0.25, -0.2) is 8.42 Å². The number of rotatable bonds is 6. The summed E-state index contributed by atoms with van der Waals surface area (Å²) in [6, 6.07) is 9.87. The largest absolute Gasteiger partial charge is 0.486 e. The van der Waals surface area contributed by atoms with Crippen molar-refractivity contribution in [3.8, 4) is 11.5 Å². The van der Waals surface area contributed by atoms with Crippen LogP contribution in [0.3, 0.4) is 0 Å². The van der Waals surface area contributed by atoms with Crippen molar-refractivity contribution in [3.63, 3.8) is 0 Å². The lowest BCUT2D eigenvalue weighted by Gasteiger charge is -2.18. The Labute approximate surface area is 145 Å². The molecule has 0 atom stereocenters. The third-order valence-corrected chi connectivity index (χ3v) is 5.38. The molecular weight excluding hydrogens is 344 g/mol. The quantitative estimate of drug-likeness (QED) is 0.833. The third-order valence-electron chi connectivity index (χ3n) is 3.66. The summed E-state index contributed by atoms with van der Waals surface area (Å²) in [5, 5.41) is 2.66. The van der Waals surface area contributed by atoms with Crippen LogP contribution in [0.25, 0.3) is 0 Å². The Bertz CT molecular complexity index is 853. The van der Waals surface area contributed by atoms with E-state index in [2.05, 4.69) is 10.3 Å². The van der Waals surface area contributed by atoms with Crippen molar-refractivity contribution in [1.29, 1.82) is 0 Å². The van der Waals surface area contributed by atoms with E-state index in [4.69, 9.17) is 9.47 Å². The lowest BCUT2D eigenvalue weighted by atomic mass is 10.3. The molecule has 0 bridgehead atoms. The number of aromatic nitrogens is 1. The number of hydrogen-bond acceptors (Lipinski definition) is 6. The number of fused-ring (bicyclic) bond motifs is 1. The topological polar surface area (TPSA) is 94.6 Å². The molecule has 8 heteroatoms. The number of amides is 1. The molecule has 132 valence electrons. The maximum absolute atomic E-state index is 12.4. The summed E-state index contributed by atoms with van der Waals surface area (Å²) in [6.07, 6.45) is 1.51. The zero-order valence-electron chi connectivity index (χ0n) is 13.5. The molecule has 3 rings (SSSR count). The normalized spacial score (nSPS) is 13.3. The summed E-state index contributed by atoms with van der Waals surface area (Å²) in [4.78, 5) is 16.1. The van der Waals surface area contributed by atoms with Gasteiger partial charge in [0.1, 0.15) is 13.2 Å². The Balaban J connectivity index is 1.57. The highest BCUT2D eigenvalue weighted by atomic mass is 32.2. The van der Waals surface area contributed by atoms with E-state index >= 15 is 0 Å². The van der Waals surface area contributed by atoms with Crippen molar-refractivity contribution >= 4 is 15.7 Å². The van der Waals surface area contributed by atoms with Gasteiger partial charge in [0.2, 0.25) is 5.91 Å². The Morgan fingerprint density at radius 3 is 2.68 bits per heavy atom. The minimum atomic E-state index is -3.58. The molecule has 0 saturated heterocycles. The zero-order valence-corrected chi connectivity index (χ0v) is 14.3. The first-order valence-corrected chi connectivity index (χ1v) is 9.49. The van der Waals surface area contributed by atoms with Gasteiger partial charge in [-0.2, -0.15) is 0 Å². The summed E-state index contributed by atoms with van der Waals surface area (Å²) >= 11 is 0. The SMILES string of the molecule is O=C(CCS(=O)(=O)c1ccc2c(c1)OCCO2)NCc1ccccn1. The van der Waals surface area contributed by atoms with Gasteiger partial charge in [-0.1, -0.05) is 6.07 Å². The van der Waals surface area contributed by atoms with Gasteiger partial charge < -0.3 is 14.8 Å². The van der Waals surface area contributed by atoms with E-state index in [1.807, 2.05) is 6.07 Å². The second-order valence-electron chi connectivity index (χ2n) is 5.47. The standard InChI is InChI=1S/C17H18N2O5S/c20-17(19-12-13-3-1-2-7-18-13)6-10-25(21,22)14-4-5-15-16(11-14)24-9-8-23-15/h1-5,7,11H,6,8-10,12H2,(H,19,20). The molecular formula is C17H18N2O5S. The molecule has 25 heavy (non-hydrogen) atoms. The van der Waals surface area contributed by atoms with E-state index in [0.717, 1.165) is 0 Å². The van der Waals surface area contributed by atoms with Crippen LogP contribution in [-0.4, -0.2) is 38.3 Å². The summed E-state index contributed by atoms with van der Waals surface area (Å²) in [7, 11) is -3.58. The van der Waals surface area contributed by atoms with Gasteiger partial charge in [0, 0.05) is 18.7 Å². The predicted molar refractivity (Wildman–Crippen MR) is 90.2 cm³/mol. The van der Waals surface area contributed by atoms with E-state index in [1.165, 1.54) is 12.1 Å². The predicted octanol–water partition coefficient (Wildman–Crippen LogP) is 1.33.